The van der Waals surface area contributed by atoms with Crippen LogP contribution < -0.4 is 5.32 Å². The zero-order valence-electron chi connectivity index (χ0n) is 11.7. The molecule has 2 heterocycles. The van der Waals surface area contributed by atoms with E-state index in [9.17, 15) is 0 Å². The van der Waals surface area contributed by atoms with Crippen molar-refractivity contribution >= 4 is 5.82 Å². The second kappa shape index (κ2) is 6.46. The highest BCUT2D eigenvalue weighted by Gasteiger charge is 2.13. The van der Waals surface area contributed by atoms with Crippen LogP contribution in [0.5, 0.6) is 0 Å². The van der Waals surface area contributed by atoms with Crippen molar-refractivity contribution in [3.8, 4) is 0 Å². The van der Waals surface area contributed by atoms with Crippen LogP contribution in [0.3, 0.4) is 0 Å². The topological polar surface area (TPSA) is 50.7 Å². The summed E-state index contributed by atoms with van der Waals surface area (Å²) in [5.41, 5.74) is 3.82. The highest BCUT2D eigenvalue weighted by Crippen LogP contribution is 2.23. The van der Waals surface area contributed by atoms with Gasteiger partial charge in [-0.25, -0.2) is 9.97 Å². The fraction of sp³-hybridized carbons (Fsp3) is 0.438. The summed E-state index contributed by atoms with van der Waals surface area (Å²) < 4.78 is 0. The first-order valence-corrected chi connectivity index (χ1v) is 7.39. The van der Waals surface area contributed by atoms with Crippen LogP contribution in [-0.4, -0.2) is 21.5 Å². The van der Waals surface area contributed by atoms with E-state index in [1.807, 2.05) is 12.3 Å². The predicted octanol–water partition coefficient (Wildman–Crippen LogP) is 2.80. The van der Waals surface area contributed by atoms with Gasteiger partial charge in [0.05, 0.1) is 0 Å². The Hall–Kier alpha value is -1.97. The van der Waals surface area contributed by atoms with Gasteiger partial charge in [-0.05, 0) is 43.7 Å². The quantitative estimate of drug-likeness (QED) is 0.866. The van der Waals surface area contributed by atoms with Crippen molar-refractivity contribution in [1.82, 2.24) is 15.0 Å². The van der Waals surface area contributed by atoms with Crippen LogP contribution in [0.25, 0.3) is 0 Å². The number of nitrogens with one attached hydrogen (secondary N) is 1. The van der Waals surface area contributed by atoms with E-state index in [1.54, 1.807) is 12.5 Å². The Balaban J connectivity index is 1.66. The van der Waals surface area contributed by atoms with Crippen molar-refractivity contribution < 1.29 is 0 Å². The maximum absolute atomic E-state index is 4.45. The molecule has 1 N–H and O–H groups in total. The van der Waals surface area contributed by atoms with Gasteiger partial charge < -0.3 is 5.32 Å². The first-order valence-electron chi connectivity index (χ1n) is 7.39. The van der Waals surface area contributed by atoms with Gasteiger partial charge >= 0.3 is 0 Å². The fourth-order valence-corrected chi connectivity index (χ4v) is 2.72. The molecule has 0 aromatic carbocycles. The standard InChI is InChI=1S/C16H20N4/c1-2-6-14-15(7-3-1)19-12-20-16(14)18-10-8-13-5-4-9-17-11-13/h4-5,9,11-12H,1-3,6-8,10H2,(H,18,19,20). The molecule has 0 bridgehead atoms. The molecule has 0 aliphatic heterocycles. The lowest BCUT2D eigenvalue weighted by atomic mass is 10.1. The van der Waals surface area contributed by atoms with E-state index in [0.29, 0.717) is 0 Å². The number of nitrogens with zero attached hydrogens (tertiary/aromatic N) is 3. The third kappa shape index (κ3) is 3.13. The SMILES string of the molecule is c1cncc(CCNc2ncnc3c2CCCCC3)c1. The molecule has 104 valence electrons. The van der Waals surface area contributed by atoms with Gasteiger partial charge in [0, 0.05) is 30.2 Å². The predicted molar refractivity (Wildman–Crippen MR) is 79.7 cm³/mol. The molecular formula is C16H20N4. The Bertz CT molecular complexity index is 554. The second-order valence-electron chi connectivity index (χ2n) is 5.25. The molecule has 2 aromatic rings. The summed E-state index contributed by atoms with van der Waals surface area (Å²) in [5.74, 6) is 1.03. The molecule has 2 aromatic heterocycles. The van der Waals surface area contributed by atoms with Gasteiger partial charge in [-0.2, -0.15) is 0 Å². The number of pyridine rings is 1. The maximum atomic E-state index is 4.45. The Morgan fingerprint density at radius 1 is 1.10 bits per heavy atom. The molecule has 1 aliphatic rings. The van der Waals surface area contributed by atoms with Crippen LogP contribution in [0.4, 0.5) is 5.82 Å². The first kappa shape index (κ1) is 13.0. The lowest BCUT2D eigenvalue weighted by molar-refractivity contribution is 0.708. The minimum atomic E-state index is 0.884. The number of aryl methyl sites for hydroxylation is 1. The largest absolute Gasteiger partial charge is 0.369 e. The Kier molecular flexibility index (Phi) is 4.21. The summed E-state index contributed by atoms with van der Waals surface area (Å²) in [7, 11) is 0. The molecule has 4 heteroatoms. The number of hydrogen-bond acceptors (Lipinski definition) is 4. The van der Waals surface area contributed by atoms with Crippen LogP contribution in [0, 0.1) is 0 Å². The molecule has 0 fully saturated rings. The monoisotopic (exact) mass is 268 g/mol. The number of fused-ring (bicyclic) bond motifs is 1. The molecule has 0 atom stereocenters. The number of aromatic nitrogens is 3. The summed E-state index contributed by atoms with van der Waals surface area (Å²) in [6.45, 7) is 0.884. The van der Waals surface area contributed by atoms with Crippen molar-refractivity contribution in [3.05, 3.63) is 47.7 Å². The third-order valence-electron chi connectivity index (χ3n) is 3.80. The smallest absolute Gasteiger partial charge is 0.132 e. The minimum absolute atomic E-state index is 0.884. The van der Waals surface area contributed by atoms with Crippen LogP contribution in [-0.2, 0) is 19.3 Å². The van der Waals surface area contributed by atoms with E-state index >= 15 is 0 Å². The van der Waals surface area contributed by atoms with Gasteiger partial charge in [0.2, 0.25) is 0 Å². The average molecular weight is 268 g/mol. The summed E-state index contributed by atoms with van der Waals surface area (Å²) in [6, 6.07) is 4.08. The van der Waals surface area contributed by atoms with Gasteiger partial charge in [-0.15, -0.1) is 0 Å². The van der Waals surface area contributed by atoms with E-state index < -0.39 is 0 Å². The normalized spacial score (nSPS) is 14.4. The van der Waals surface area contributed by atoms with Gasteiger partial charge in [-0.3, -0.25) is 4.98 Å². The molecule has 0 radical (unpaired) electrons. The maximum Gasteiger partial charge on any atom is 0.132 e. The van der Waals surface area contributed by atoms with E-state index in [1.165, 1.54) is 36.1 Å². The number of anilines is 1. The first-order chi connectivity index (χ1) is 9.93. The zero-order chi connectivity index (χ0) is 13.6. The minimum Gasteiger partial charge on any atom is -0.369 e. The van der Waals surface area contributed by atoms with Crippen molar-refractivity contribution in [2.75, 3.05) is 11.9 Å². The van der Waals surface area contributed by atoms with E-state index in [4.69, 9.17) is 0 Å². The molecule has 4 nitrogen and oxygen atoms in total. The summed E-state index contributed by atoms with van der Waals surface area (Å²) in [5, 5.41) is 3.47. The van der Waals surface area contributed by atoms with Crippen molar-refractivity contribution in [1.29, 1.82) is 0 Å². The number of rotatable bonds is 4. The van der Waals surface area contributed by atoms with E-state index in [-0.39, 0.29) is 0 Å². The lowest BCUT2D eigenvalue weighted by Gasteiger charge is -2.12. The van der Waals surface area contributed by atoms with Crippen LogP contribution >= 0.6 is 0 Å². The van der Waals surface area contributed by atoms with E-state index in [2.05, 4.69) is 26.3 Å². The van der Waals surface area contributed by atoms with Crippen LogP contribution in [0.2, 0.25) is 0 Å². The molecule has 0 saturated carbocycles. The number of hydrogen-bond donors (Lipinski definition) is 1. The molecule has 0 saturated heterocycles. The Morgan fingerprint density at radius 2 is 2.05 bits per heavy atom. The molecule has 0 spiro atoms. The molecule has 0 unspecified atom stereocenters. The Labute approximate surface area is 119 Å². The van der Waals surface area contributed by atoms with Crippen molar-refractivity contribution in [2.45, 2.75) is 38.5 Å². The lowest BCUT2D eigenvalue weighted by Crippen LogP contribution is -2.11. The zero-order valence-corrected chi connectivity index (χ0v) is 11.7. The highest BCUT2D eigenvalue weighted by molar-refractivity contribution is 5.46. The summed E-state index contributed by atoms with van der Waals surface area (Å²) in [6.07, 6.45) is 12.4. The second-order valence-corrected chi connectivity index (χ2v) is 5.25. The fourth-order valence-electron chi connectivity index (χ4n) is 2.72. The Morgan fingerprint density at radius 3 is 2.95 bits per heavy atom. The average Bonchev–Trinajstić information content (AvgIpc) is 2.74. The molecule has 1 aliphatic carbocycles. The van der Waals surface area contributed by atoms with Crippen molar-refractivity contribution in [2.24, 2.45) is 0 Å². The van der Waals surface area contributed by atoms with Gasteiger partial charge in [-0.1, -0.05) is 12.5 Å². The van der Waals surface area contributed by atoms with E-state index in [0.717, 1.165) is 31.6 Å². The summed E-state index contributed by atoms with van der Waals surface area (Å²) in [4.78, 5) is 13.0. The molecular weight excluding hydrogens is 248 g/mol. The van der Waals surface area contributed by atoms with Gasteiger partial charge in [0.25, 0.3) is 0 Å². The van der Waals surface area contributed by atoms with Crippen LogP contribution in [0.1, 0.15) is 36.1 Å². The molecule has 20 heavy (non-hydrogen) atoms. The highest BCUT2D eigenvalue weighted by atomic mass is 15.0. The van der Waals surface area contributed by atoms with Crippen molar-refractivity contribution in [3.63, 3.8) is 0 Å². The van der Waals surface area contributed by atoms with Crippen LogP contribution in [0.15, 0.2) is 30.9 Å². The van der Waals surface area contributed by atoms with Gasteiger partial charge in [0.15, 0.2) is 0 Å². The third-order valence-corrected chi connectivity index (χ3v) is 3.80. The molecule has 3 rings (SSSR count). The summed E-state index contributed by atoms with van der Waals surface area (Å²) >= 11 is 0. The van der Waals surface area contributed by atoms with Gasteiger partial charge in [0.1, 0.15) is 12.1 Å². The molecule has 0 amide bonds.